The third-order valence-corrected chi connectivity index (χ3v) is 4.99. The summed E-state index contributed by atoms with van der Waals surface area (Å²) in [6, 6.07) is 0.612. The molecule has 2 aliphatic heterocycles. The predicted molar refractivity (Wildman–Crippen MR) is 79.9 cm³/mol. The van der Waals surface area contributed by atoms with Crippen LogP contribution in [0.1, 0.15) is 36.0 Å². The number of halogens is 1. The van der Waals surface area contributed by atoms with Gasteiger partial charge in [0.25, 0.3) is 5.91 Å². The average Bonchev–Trinajstić information content (AvgIpc) is 2.55. The number of nitrogens with zero attached hydrogens (tertiary/aromatic N) is 2. The van der Waals surface area contributed by atoms with E-state index >= 15 is 0 Å². The number of piperidine rings is 1. The van der Waals surface area contributed by atoms with Crippen molar-refractivity contribution in [2.24, 2.45) is 11.1 Å². The van der Waals surface area contributed by atoms with Gasteiger partial charge in [-0.2, -0.15) is 0 Å². The van der Waals surface area contributed by atoms with Crippen molar-refractivity contribution in [2.45, 2.75) is 31.7 Å². The van der Waals surface area contributed by atoms with Crippen LogP contribution in [0.15, 0.2) is 18.5 Å². The molecular weight excluding hydrogens is 301 g/mol. The van der Waals surface area contributed by atoms with Gasteiger partial charge in [-0.3, -0.25) is 14.6 Å². The fraction of sp³-hybridized carbons (Fsp3) is 0.562. The lowest BCUT2D eigenvalue weighted by atomic mass is 9.67. The summed E-state index contributed by atoms with van der Waals surface area (Å²) in [6.45, 7) is 1.50. The maximum absolute atomic E-state index is 13.9. The first kappa shape index (κ1) is 15.9. The summed E-state index contributed by atoms with van der Waals surface area (Å²) in [6.07, 6.45) is 5.33. The van der Waals surface area contributed by atoms with E-state index < -0.39 is 23.7 Å². The van der Waals surface area contributed by atoms with Gasteiger partial charge >= 0.3 is 0 Å². The molecule has 0 saturated carbocycles. The van der Waals surface area contributed by atoms with Crippen LogP contribution in [0.3, 0.4) is 0 Å². The van der Waals surface area contributed by atoms with Gasteiger partial charge in [-0.05, 0) is 31.7 Å². The minimum Gasteiger partial charge on any atom is -0.381 e. The van der Waals surface area contributed by atoms with Crippen molar-refractivity contribution in [2.75, 3.05) is 19.8 Å². The highest BCUT2D eigenvalue weighted by Gasteiger charge is 2.50. The lowest BCUT2D eigenvalue weighted by molar-refractivity contribution is -0.134. The van der Waals surface area contributed by atoms with Gasteiger partial charge in [0.2, 0.25) is 5.91 Å². The second-order valence-corrected chi connectivity index (χ2v) is 6.24. The summed E-state index contributed by atoms with van der Waals surface area (Å²) in [5, 5.41) is 0. The van der Waals surface area contributed by atoms with Crippen molar-refractivity contribution in [1.82, 2.24) is 9.88 Å². The molecule has 1 aromatic heterocycles. The molecule has 0 radical (unpaired) electrons. The van der Waals surface area contributed by atoms with Gasteiger partial charge in [-0.1, -0.05) is 0 Å². The van der Waals surface area contributed by atoms with E-state index in [0.29, 0.717) is 32.6 Å². The number of primary amides is 1. The molecular formula is C16H20FN3O3. The Balaban J connectivity index is 1.95. The molecule has 1 spiro atoms. The van der Waals surface area contributed by atoms with Crippen LogP contribution in [-0.4, -0.2) is 47.5 Å². The normalized spacial score (nSPS) is 23.7. The quantitative estimate of drug-likeness (QED) is 0.884. The number of rotatable bonds is 2. The summed E-state index contributed by atoms with van der Waals surface area (Å²) >= 11 is 0. The van der Waals surface area contributed by atoms with Crippen LogP contribution < -0.4 is 5.73 Å². The van der Waals surface area contributed by atoms with Gasteiger partial charge in [-0.25, -0.2) is 4.39 Å². The number of carbonyl (C=O) groups is 2. The highest BCUT2D eigenvalue weighted by atomic mass is 19.1. The number of carbonyl (C=O) groups excluding carboxylic acids is 2. The van der Waals surface area contributed by atoms with Crippen LogP contribution in [0.25, 0.3) is 0 Å². The SMILES string of the molecule is NC(=O)C1N(C(=O)c2ccncc2F)CCCC12CCOCC2. The van der Waals surface area contributed by atoms with Crippen LogP contribution in [0.5, 0.6) is 0 Å². The molecule has 1 aromatic rings. The van der Waals surface area contributed by atoms with Crippen molar-refractivity contribution >= 4 is 11.8 Å². The van der Waals surface area contributed by atoms with E-state index in [1.54, 1.807) is 0 Å². The Morgan fingerprint density at radius 2 is 2.09 bits per heavy atom. The molecule has 2 fully saturated rings. The molecule has 1 atom stereocenters. The molecule has 1 unspecified atom stereocenters. The second-order valence-electron chi connectivity index (χ2n) is 6.24. The van der Waals surface area contributed by atoms with E-state index in [4.69, 9.17) is 10.5 Å². The number of amides is 2. The van der Waals surface area contributed by atoms with Gasteiger partial charge in [-0.15, -0.1) is 0 Å². The first-order chi connectivity index (χ1) is 11.1. The van der Waals surface area contributed by atoms with Crippen LogP contribution >= 0.6 is 0 Å². The molecule has 2 N–H and O–H groups in total. The van der Waals surface area contributed by atoms with E-state index in [1.165, 1.54) is 17.2 Å². The van der Waals surface area contributed by atoms with Gasteiger partial charge < -0.3 is 15.4 Å². The molecule has 0 bridgehead atoms. The minimum absolute atomic E-state index is 0.0737. The largest absolute Gasteiger partial charge is 0.381 e. The fourth-order valence-corrected chi connectivity index (χ4v) is 3.88. The number of nitrogens with two attached hydrogens (primary N) is 1. The van der Waals surface area contributed by atoms with Crippen LogP contribution in [0, 0.1) is 11.2 Å². The van der Waals surface area contributed by atoms with E-state index in [0.717, 1.165) is 19.0 Å². The van der Waals surface area contributed by atoms with Crippen molar-refractivity contribution in [3.8, 4) is 0 Å². The van der Waals surface area contributed by atoms with Crippen molar-refractivity contribution < 1.29 is 18.7 Å². The maximum atomic E-state index is 13.9. The Hall–Kier alpha value is -2.02. The average molecular weight is 321 g/mol. The summed E-state index contributed by atoms with van der Waals surface area (Å²) in [5.41, 5.74) is 5.20. The molecule has 3 rings (SSSR count). The lowest BCUT2D eigenvalue weighted by Crippen LogP contribution is -2.61. The Labute approximate surface area is 133 Å². The lowest BCUT2D eigenvalue weighted by Gasteiger charge is -2.50. The monoisotopic (exact) mass is 321 g/mol. The first-order valence-corrected chi connectivity index (χ1v) is 7.83. The zero-order valence-corrected chi connectivity index (χ0v) is 12.8. The Morgan fingerprint density at radius 3 is 2.74 bits per heavy atom. The van der Waals surface area contributed by atoms with E-state index in [-0.39, 0.29) is 11.0 Å². The highest BCUT2D eigenvalue weighted by Crippen LogP contribution is 2.44. The standard InChI is InChI=1S/C16H20FN3O3/c17-12-10-19-6-2-11(12)15(22)20-7-1-3-16(13(20)14(18)21)4-8-23-9-5-16/h2,6,10,13H,1,3-5,7-9H2,(H2,18,21). The number of aromatic nitrogens is 1. The molecule has 6 nitrogen and oxygen atoms in total. The Kier molecular flexibility index (Phi) is 4.30. The van der Waals surface area contributed by atoms with Crippen LogP contribution in [-0.2, 0) is 9.53 Å². The predicted octanol–water partition coefficient (Wildman–Crippen LogP) is 1.11. The third-order valence-electron chi connectivity index (χ3n) is 4.99. The number of likely N-dealkylation sites (tertiary alicyclic amines) is 1. The first-order valence-electron chi connectivity index (χ1n) is 7.83. The van der Waals surface area contributed by atoms with Crippen LogP contribution in [0.2, 0.25) is 0 Å². The van der Waals surface area contributed by atoms with E-state index in [2.05, 4.69) is 4.98 Å². The third kappa shape index (κ3) is 2.81. The van der Waals surface area contributed by atoms with Gasteiger partial charge in [0.1, 0.15) is 6.04 Å². The summed E-state index contributed by atoms with van der Waals surface area (Å²) in [7, 11) is 0. The molecule has 3 heterocycles. The van der Waals surface area contributed by atoms with Crippen LogP contribution in [0.4, 0.5) is 4.39 Å². The van der Waals surface area contributed by atoms with E-state index in [1.807, 2.05) is 0 Å². The van der Waals surface area contributed by atoms with Crippen molar-refractivity contribution in [3.05, 3.63) is 29.8 Å². The minimum atomic E-state index is -0.722. The number of ether oxygens (including phenoxy) is 1. The maximum Gasteiger partial charge on any atom is 0.257 e. The Bertz CT molecular complexity index is 611. The molecule has 2 saturated heterocycles. The molecule has 124 valence electrons. The van der Waals surface area contributed by atoms with Gasteiger partial charge in [0.15, 0.2) is 5.82 Å². The molecule has 23 heavy (non-hydrogen) atoms. The number of hydrogen-bond acceptors (Lipinski definition) is 4. The zero-order valence-electron chi connectivity index (χ0n) is 12.8. The number of hydrogen-bond donors (Lipinski definition) is 1. The topological polar surface area (TPSA) is 85.5 Å². The van der Waals surface area contributed by atoms with Crippen molar-refractivity contribution in [1.29, 1.82) is 0 Å². The van der Waals surface area contributed by atoms with Gasteiger partial charge in [0, 0.05) is 31.4 Å². The van der Waals surface area contributed by atoms with E-state index in [9.17, 15) is 14.0 Å². The summed E-state index contributed by atoms with van der Waals surface area (Å²) in [5.74, 6) is -1.72. The van der Waals surface area contributed by atoms with Gasteiger partial charge in [0.05, 0.1) is 11.8 Å². The summed E-state index contributed by atoms with van der Waals surface area (Å²) < 4.78 is 19.3. The zero-order chi connectivity index (χ0) is 16.4. The summed E-state index contributed by atoms with van der Waals surface area (Å²) in [4.78, 5) is 30.0. The number of pyridine rings is 1. The Morgan fingerprint density at radius 1 is 1.35 bits per heavy atom. The fourth-order valence-electron chi connectivity index (χ4n) is 3.88. The molecule has 2 amide bonds. The molecule has 0 aliphatic carbocycles. The second kappa shape index (κ2) is 6.23. The molecule has 2 aliphatic rings. The smallest absolute Gasteiger partial charge is 0.257 e. The van der Waals surface area contributed by atoms with Crippen molar-refractivity contribution in [3.63, 3.8) is 0 Å². The highest BCUT2D eigenvalue weighted by molar-refractivity contribution is 5.97. The molecule has 0 aromatic carbocycles. The molecule has 7 heteroatoms.